The highest BCUT2D eigenvalue weighted by Gasteiger charge is 2.19. The molecule has 3 nitrogen and oxygen atoms in total. The zero-order valence-electron chi connectivity index (χ0n) is 32.2. The molecule has 0 aromatic carbocycles. The second kappa shape index (κ2) is 39.1. The summed E-state index contributed by atoms with van der Waals surface area (Å²) in [6, 6.07) is 0. The van der Waals surface area contributed by atoms with Crippen molar-refractivity contribution in [1.82, 2.24) is 0 Å². The molecule has 0 aromatic heterocycles. The molecule has 0 amide bonds. The van der Waals surface area contributed by atoms with Gasteiger partial charge < -0.3 is 26.4 Å². The van der Waals surface area contributed by atoms with Crippen molar-refractivity contribution in [1.29, 1.82) is 0 Å². The summed E-state index contributed by atoms with van der Waals surface area (Å²) in [5.74, 6) is 0. The van der Waals surface area contributed by atoms with Crippen LogP contribution >= 0.6 is 0 Å². The molecule has 0 rings (SSSR count). The minimum absolute atomic E-state index is 0. The van der Waals surface area contributed by atoms with Crippen LogP contribution in [-0.2, 0) is 9.47 Å². The molecule has 0 saturated heterocycles. The topological polar surface area (TPSA) is 18.5 Å². The van der Waals surface area contributed by atoms with Crippen LogP contribution in [0.2, 0.25) is 0 Å². The number of ether oxygens (including phenoxy) is 2. The molecule has 0 aliphatic heterocycles. The largest absolute Gasteiger partial charge is 1.00 e. The van der Waals surface area contributed by atoms with Crippen molar-refractivity contribution in [3.63, 3.8) is 0 Å². The number of allylic oxidation sites excluding steroid dienone is 4. The predicted octanol–water partition coefficient (Wildman–Crippen LogP) is 10.2. The van der Waals surface area contributed by atoms with Crippen LogP contribution in [0.5, 0.6) is 0 Å². The second-order valence-electron chi connectivity index (χ2n) is 14.9. The Morgan fingerprint density at radius 2 is 0.761 bits per heavy atom. The first kappa shape index (κ1) is 47.8. The first-order chi connectivity index (χ1) is 22.0. The van der Waals surface area contributed by atoms with Crippen LogP contribution in [0.25, 0.3) is 0 Å². The summed E-state index contributed by atoms with van der Waals surface area (Å²) in [5.41, 5.74) is 0. The lowest BCUT2D eigenvalue weighted by Crippen LogP contribution is -3.00. The van der Waals surface area contributed by atoms with Crippen molar-refractivity contribution in [3.8, 4) is 0 Å². The molecule has 276 valence electrons. The molecule has 0 N–H and O–H groups in total. The van der Waals surface area contributed by atoms with Gasteiger partial charge in [0.1, 0.15) is 12.6 Å². The van der Waals surface area contributed by atoms with Crippen molar-refractivity contribution in [2.45, 2.75) is 200 Å². The SMILES string of the molecule is CCCCCCCCC=CCCCCCCCCOCC(C[N+](C)(C)C)OCCCCCCCCC=CCCCCCCCC.[Cl-]. The lowest BCUT2D eigenvalue weighted by Gasteiger charge is -2.29. The molecule has 0 radical (unpaired) electrons. The molecule has 0 fully saturated rings. The first-order valence-corrected chi connectivity index (χ1v) is 20.3. The summed E-state index contributed by atoms with van der Waals surface area (Å²) in [7, 11) is 6.77. The number of quaternary nitrogens is 1. The number of halogens is 1. The smallest absolute Gasteiger partial charge is 0.130 e. The molecule has 1 atom stereocenters. The second-order valence-corrected chi connectivity index (χ2v) is 14.9. The van der Waals surface area contributed by atoms with Crippen LogP contribution in [0.4, 0.5) is 0 Å². The molecular weight excluding hydrogens is 586 g/mol. The van der Waals surface area contributed by atoms with Crippen molar-refractivity contribution < 1.29 is 26.4 Å². The molecule has 46 heavy (non-hydrogen) atoms. The highest BCUT2D eigenvalue weighted by Crippen LogP contribution is 2.12. The van der Waals surface area contributed by atoms with Gasteiger partial charge in [-0.2, -0.15) is 0 Å². The predicted molar refractivity (Wildman–Crippen MR) is 202 cm³/mol. The van der Waals surface area contributed by atoms with Crippen molar-refractivity contribution in [2.75, 3.05) is 47.5 Å². The molecule has 0 saturated carbocycles. The van der Waals surface area contributed by atoms with Gasteiger partial charge in [0.15, 0.2) is 0 Å². The number of likely N-dealkylation sites (N-methyl/N-ethyl adjacent to an activating group) is 1. The van der Waals surface area contributed by atoms with Crippen molar-refractivity contribution in [2.24, 2.45) is 0 Å². The van der Waals surface area contributed by atoms with E-state index in [-0.39, 0.29) is 18.5 Å². The Labute approximate surface area is 297 Å². The Morgan fingerprint density at radius 3 is 1.13 bits per heavy atom. The number of nitrogens with zero attached hydrogens (tertiary/aromatic N) is 1. The summed E-state index contributed by atoms with van der Waals surface area (Å²) >= 11 is 0. The molecule has 4 heteroatoms. The average Bonchev–Trinajstić information content (AvgIpc) is 3.01. The van der Waals surface area contributed by atoms with Crippen molar-refractivity contribution in [3.05, 3.63) is 24.3 Å². The zero-order valence-corrected chi connectivity index (χ0v) is 32.9. The van der Waals surface area contributed by atoms with E-state index in [0.29, 0.717) is 0 Å². The summed E-state index contributed by atoms with van der Waals surface area (Å²) in [6.45, 7) is 8.10. The van der Waals surface area contributed by atoms with Crippen LogP contribution in [0, 0.1) is 0 Å². The summed E-state index contributed by atoms with van der Waals surface area (Å²) in [4.78, 5) is 0. The van der Waals surface area contributed by atoms with Gasteiger partial charge in [-0.1, -0.05) is 154 Å². The Kier molecular flexibility index (Phi) is 40.6. The lowest BCUT2D eigenvalue weighted by molar-refractivity contribution is -0.873. The monoisotopic (exact) mass is 670 g/mol. The fraction of sp³-hybridized carbons (Fsp3) is 0.905. The van der Waals surface area contributed by atoms with E-state index in [1.165, 1.54) is 180 Å². The molecule has 0 aliphatic carbocycles. The maximum absolute atomic E-state index is 6.32. The average molecular weight is 671 g/mol. The fourth-order valence-corrected chi connectivity index (χ4v) is 6.03. The van der Waals surface area contributed by atoms with E-state index in [4.69, 9.17) is 9.47 Å². The Hall–Kier alpha value is -0.350. The van der Waals surface area contributed by atoms with Crippen molar-refractivity contribution >= 4 is 0 Å². The van der Waals surface area contributed by atoms with E-state index in [2.05, 4.69) is 59.3 Å². The van der Waals surface area contributed by atoms with Gasteiger partial charge in [-0.15, -0.1) is 0 Å². The number of hydrogen-bond donors (Lipinski definition) is 0. The third-order valence-corrected chi connectivity index (χ3v) is 8.87. The van der Waals surface area contributed by atoms with E-state index < -0.39 is 0 Å². The van der Waals surface area contributed by atoms with Gasteiger partial charge in [0.2, 0.25) is 0 Å². The van der Waals surface area contributed by atoms with Crippen LogP contribution in [0.1, 0.15) is 194 Å². The van der Waals surface area contributed by atoms with Gasteiger partial charge in [0.25, 0.3) is 0 Å². The van der Waals surface area contributed by atoms with Gasteiger partial charge in [-0.3, -0.25) is 0 Å². The molecular formula is C42H84ClNO2. The highest BCUT2D eigenvalue weighted by atomic mass is 35.5. The van der Waals surface area contributed by atoms with E-state index in [1.54, 1.807) is 0 Å². The quantitative estimate of drug-likeness (QED) is 0.0372. The van der Waals surface area contributed by atoms with E-state index >= 15 is 0 Å². The van der Waals surface area contributed by atoms with Crippen LogP contribution in [0.15, 0.2) is 24.3 Å². The summed E-state index contributed by atoms with van der Waals surface area (Å²) < 4.78 is 13.3. The van der Waals surface area contributed by atoms with Crippen LogP contribution < -0.4 is 12.4 Å². The van der Waals surface area contributed by atoms with Crippen LogP contribution in [-0.4, -0.2) is 58.1 Å². The normalized spacial score (nSPS) is 12.8. The van der Waals surface area contributed by atoms with Crippen LogP contribution in [0.3, 0.4) is 0 Å². The first-order valence-electron chi connectivity index (χ1n) is 20.3. The number of hydrogen-bond acceptors (Lipinski definition) is 2. The third-order valence-electron chi connectivity index (χ3n) is 8.87. The number of rotatable bonds is 37. The Morgan fingerprint density at radius 1 is 0.435 bits per heavy atom. The minimum Gasteiger partial charge on any atom is -1.00 e. The zero-order chi connectivity index (χ0) is 32.9. The maximum Gasteiger partial charge on any atom is 0.130 e. The minimum atomic E-state index is 0. The molecule has 0 heterocycles. The molecule has 0 aliphatic rings. The Balaban J connectivity index is 0. The highest BCUT2D eigenvalue weighted by molar-refractivity contribution is 4.82. The molecule has 1 unspecified atom stereocenters. The van der Waals surface area contributed by atoms with Gasteiger partial charge in [0, 0.05) is 13.2 Å². The van der Waals surface area contributed by atoms with Gasteiger partial charge in [-0.05, 0) is 64.2 Å². The third kappa shape index (κ3) is 41.7. The number of unbranched alkanes of at least 4 members (excludes halogenated alkanes) is 24. The standard InChI is InChI=1S/C42H84NO2.ClH/c1-6-8-10-12-14-16-18-20-22-24-26-28-30-32-34-36-38-44-41-42(40-43(3,4)5)45-39-37-35-33-31-29-27-25-23-21-19-17-15-13-11-9-7-2;/h20-23,42H,6-19,24-41H2,1-5H3;1H/q+1;/p-1. The molecule has 0 aromatic rings. The summed E-state index contributed by atoms with van der Waals surface area (Å²) in [6.07, 6.45) is 47.6. The van der Waals surface area contributed by atoms with E-state index in [0.717, 1.165) is 30.8 Å². The van der Waals surface area contributed by atoms with Gasteiger partial charge in [0.05, 0.1) is 27.7 Å². The molecule has 0 bridgehead atoms. The fourth-order valence-electron chi connectivity index (χ4n) is 6.03. The van der Waals surface area contributed by atoms with E-state index in [9.17, 15) is 0 Å². The summed E-state index contributed by atoms with van der Waals surface area (Å²) in [5, 5.41) is 0. The van der Waals surface area contributed by atoms with Gasteiger partial charge in [-0.25, -0.2) is 0 Å². The van der Waals surface area contributed by atoms with Gasteiger partial charge >= 0.3 is 0 Å². The Bertz CT molecular complexity index is 615. The molecule has 0 spiro atoms. The lowest BCUT2D eigenvalue weighted by atomic mass is 10.1. The maximum atomic E-state index is 6.32. The van der Waals surface area contributed by atoms with E-state index in [1.807, 2.05) is 0 Å².